The fourth-order valence-electron chi connectivity index (χ4n) is 1.78. The Hall–Kier alpha value is -2.41. The molecule has 0 spiro atoms. The highest BCUT2D eigenvalue weighted by molar-refractivity contribution is 9.10. The normalized spacial score (nSPS) is 9.95. The third-order valence-corrected chi connectivity index (χ3v) is 3.38. The minimum atomic E-state index is -0.428. The van der Waals surface area contributed by atoms with Gasteiger partial charge in [-0.15, -0.1) is 0 Å². The maximum Gasteiger partial charge on any atom is 0.273 e. The molecule has 1 aromatic heterocycles. The number of amides is 2. The van der Waals surface area contributed by atoms with Crippen LogP contribution in [0.25, 0.3) is 0 Å². The van der Waals surface area contributed by atoms with E-state index in [0.29, 0.717) is 16.9 Å². The quantitative estimate of drug-likeness (QED) is 0.818. The Morgan fingerprint density at radius 2 is 1.68 bits per heavy atom. The van der Waals surface area contributed by atoms with Gasteiger partial charge in [0.1, 0.15) is 5.82 Å². The van der Waals surface area contributed by atoms with Crippen molar-refractivity contribution in [2.24, 2.45) is 0 Å². The number of benzene rings is 1. The van der Waals surface area contributed by atoms with Crippen LogP contribution in [-0.2, 0) is 0 Å². The van der Waals surface area contributed by atoms with Gasteiger partial charge >= 0.3 is 0 Å². The molecule has 0 saturated heterocycles. The van der Waals surface area contributed by atoms with Gasteiger partial charge in [0.05, 0.1) is 5.56 Å². The Morgan fingerprint density at radius 1 is 1.05 bits per heavy atom. The number of pyridine rings is 1. The average Bonchev–Trinajstić information content (AvgIpc) is 2.53. The Kier molecular flexibility index (Phi) is 5.11. The predicted molar refractivity (Wildman–Crippen MR) is 87.6 cm³/mol. The number of halogens is 1. The minimum Gasteiger partial charge on any atom is -0.362 e. The summed E-state index contributed by atoms with van der Waals surface area (Å²) < 4.78 is 0.874. The highest BCUT2D eigenvalue weighted by Crippen LogP contribution is 2.14. The first-order valence-electron chi connectivity index (χ1n) is 6.47. The molecule has 7 heteroatoms. The first-order chi connectivity index (χ1) is 10.5. The fourth-order valence-corrected chi connectivity index (χ4v) is 2.05. The van der Waals surface area contributed by atoms with E-state index in [2.05, 4.69) is 31.8 Å². The number of nitrogens with one attached hydrogen (secondary N) is 2. The largest absolute Gasteiger partial charge is 0.362 e. The molecule has 0 bridgehead atoms. The minimum absolute atomic E-state index is 0.378. The van der Waals surface area contributed by atoms with E-state index >= 15 is 0 Å². The van der Waals surface area contributed by atoms with Crippen LogP contribution in [0, 0.1) is 0 Å². The van der Waals surface area contributed by atoms with E-state index in [1.807, 2.05) is 0 Å². The number of rotatable bonds is 3. The second-order valence-corrected chi connectivity index (χ2v) is 5.60. The van der Waals surface area contributed by atoms with Crippen LogP contribution in [0.3, 0.4) is 0 Å². The molecule has 0 atom stereocenters. The first kappa shape index (κ1) is 16.0. The molecule has 2 rings (SSSR count). The lowest BCUT2D eigenvalue weighted by atomic mass is 10.2. The lowest BCUT2D eigenvalue weighted by Gasteiger charge is -2.15. The Morgan fingerprint density at radius 3 is 2.32 bits per heavy atom. The summed E-state index contributed by atoms with van der Waals surface area (Å²) in [6.45, 7) is 0. The smallest absolute Gasteiger partial charge is 0.273 e. The van der Waals surface area contributed by atoms with E-state index in [-0.39, 0.29) is 0 Å². The number of carbonyl (C=O) groups excluding carboxylic acids is 2. The van der Waals surface area contributed by atoms with Crippen LogP contribution in [0.1, 0.15) is 20.7 Å². The summed E-state index contributed by atoms with van der Waals surface area (Å²) in [4.78, 5) is 30.0. The number of hydrogen-bond donors (Lipinski definition) is 2. The van der Waals surface area contributed by atoms with Crippen molar-refractivity contribution in [3.8, 4) is 0 Å². The van der Waals surface area contributed by atoms with Crippen LogP contribution >= 0.6 is 15.9 Å². The molecule has 2 aromatic rings. The molecule has 0 fully saturated rings. The number of anilines is 1. The molecule has 0 aliphatic heterocycles. The van der Waals surface area contributed by atoms with Crippen molar-refractivity contribution in [1.82, 2.24) is 15.8 Å². The first-order valence-corrected chi connectivity index (χ1v) is 7.27. The van der Waals surface area contributed by atoms with Gasteiger partial charge in [-0.25, -0.2) is 4.98 Å². The van der Waals surface area contributed by atoms with Crippen molar-refractivity contribution in [3.05, 3.63) is 58.2 Å². The Bertz CT molecular complexity index is 686. The van der Waals surface area contributed by atoms with Gasteiger partial charge in [0.2, 0.25) is 0 Å². The molecule has 1 heterocycles. The number of hydrazine groups is 1. The topological polar surface area (TPSA) is 74.3 Å². The monoisotopic (exact) mass is 362 g/mol. The molecular formula is C15H15BrN4O2. The van der Waals surface area contributed by atoms with Crippen molar-refractivity contribution in [2.45, 2.75) is 0 Å². The Labute approximate surface area is 136 Å². The van der Waals surface area contributed by atoms with E-state index in [1.54, 1.807) is 61.6 Å². The van der Waals surface area contributed by atoms with Gasteiger partial charge < -0.3 is 4.90 Å². The highest BCUT2D eigenvalue weighted by atomic mass is 79.9. The molecular weight excluding hydrogens is 348 g/mol. The molecule has 2 amide bonds. The molecule has 1 aromatic carbocycles. The van der Waals surface area contributed by atoms with Crippen molar-refractivity contribution in [1.29, 1.82) is 0 Å². The molecule has 0 unspecified atom stereocenters. The SMILES string of the molecule is CN(C)c1ncccc1C(=O)NNC(=O)c1ccc(Br)cc1. The van der Waals surface area contributed by atoms with Gasteiger partial charge in [-0.3, -0.25) is 20.4 Å². The van der Waals surface area contributed by atoms with E-state index in [4.69, 9.17) is 0 Å². The summed E-state index contributed by atoms with van der Waals surface area (Å²) in [6.07, 6.45) is 1.60. The van der Waals surface area contributed by atoms with Crippen molar-refractivity contribution < 1.29 is 9.59 Å². The van der Waals surface area contributed by atoms with E-state index < -0.39 is 11.8 Å². The molecule has 0 saturated carbocycles. The van der Waals surface area contributed by atoms with Gasteiger partial charge in [-0.2, -0.15) is 0 Å². The zero-order chi connectivity index (χ0) is 16.1. The fraction of sp³-hybridized carbons (Fsp3) is 0.133. The number of hydrogen-bond acceptors (Lipinski definition) is 4. The lowest BCUT2D eigenvalue weighted by Crippen LogP contribution is -2.42. The number of nitrogens with zero attached hydrogens (tertiary/aromatic N) is 2. The van der Waals surface area contributed by atoms with Gasteiger partial charge in [0.15, 0.2) is 0 Å². The molecule has 2 N–H and O–H groups in total. The van der Waals surface area contributed by atoms with Crippen molar-refractivity contribution in [2.75, 3.05) is 19.0 Å². The van der Waals surface area contributed by atoms with Gasteiger partial charge in [-0.1, -0.05) is 15.9 Å². The summed E-state index contributed by atoms with van der Waals surface area (Å²) in [5.41, 5.74) is 5.60. The van der Waals surface area contributed by atoms with Gasteiger partial charge in [0.25, 0.3) is 11.8 Å². The van der Waals surface area contributed by atoms with Crippen molar-refractivity contribution in [3.63, 3.8) is 0 Å². The summed E-state index contributed by atoms with van der Waals surface area (Å²) in [6, 6.07) is 10.1. The second kappa shape index (κ2) is 7.04. The highest BCUT2D eigenvalue weighted by Gasteiger charge is 2.14. The van der Waals surface area contributed by atoms with Crippen LogP contribution in [-0.4, -0.2) is 30.9 Å². The number of carbonyl (C=O) groups is 2. The zero-order valence-corrected chi connectivity index (χ0v) is 13.7. The van der Waals surface area contributed by atoms with Crippen LogP contribution in [0.15, 0.2) is 47.1 Å². The standard InChI is InChI=1S/C15H15BrN4O2/c1-20(2)13-12(4-3-9-17-13)15(22)19-18-14(21)10-5-7-11(16)8-6-10/h3-9H,1-2H3,(H,18,21)(H,19,22). The van der Waals surface area contributed by atoms with E-state index in [9.17, 15) is 9.59 Å². The van der Waals surface area contributed by atoms with Crippen LogP contribution < -0.4 is 15.8 Å². The average molecular weight is 363 g/mol. The van der Waals surface area contributed by atoms with Crippen LogP contribution in [0.4, 0.5) is 5.82 Å². The van der Waals surface area contributed by atoms with E-state index in [0.717, 1.165) is 4.47 Å². The summed E-state index contributed by atoms with van der Waals surface area (Å²) in [7, 11) is 3.58. The second-order valence-electron chi connectivity index (χ2n) is 4.68. The summed E-state index contributed by atoms with van der Waals surface area (Å²) >= 11 is 3.30. The van der Waals surface area contributed by atoms with Crippen LogP contribution in [0.2, 0.25) is 0 Å². The third-order valence-electron chi connectivity index (χ3n) is 2.85. The van der Waals surface area contributed by atoms with Gasteiger partial charge in [-0.05, 0) is 36.4 Å². The van der Waals surface area contributed by atoms with E-state index in [1.165, 1.54) is 0 Å². The van der Waals surface area contributed by atoms with Crippen molar-refractivity contribution >= 4 is 33.6 Å². The zero-order valence-electron chi connectivity index (χ0n) is 12.1. The molecule has 22 heavy (non-hydrogen) atoms. The summed E-state index contributed by atoms with van der Waals surface area (Å²) in [5, 5.41) is 0. The lowest BCUT2D eigenvalue weighted by molar-refractivity contribution is 0.0847. The molecule has 0 radical (unpaired) electrons. The predicted octanol–water partition coefficient (Wildman–Crippen LogP) is 1.98. The van der Waals surface area contributed by atoms with Crippen LogP contribution in [0.5, 0.6) is 0 Å². The maximum atomic E-state index is 12.2. The third kappa shape index (κ3) is 3.82. The maximum absolute atomic E-state index is 12.2. The number of aromatic nitrogens is 1. The molecule has 6 nitrogen and oxygen atoms in total. The van der Waals surface area contributed by atoms with Gasteiger partial charge in [0, 0.05) is 30.3 Å². The molecule has 0 aliphatic rings. The summed E-state index contributed by atoms with van der Waals surface area (Å²) in [5.74, 6) is -0.295. The molecule has 114 valence electrons. The Balaban J connectivity index is 2.04. The molecule has 0 aliphatic carbocycles.